The fourth-order valence-electron chi connectivity index (χ4n) is 1.27. The Bertz CT molecular complexity index is 474. The van der Waals surface area contributed by atoms with E-state index in [0.29, 0.717) is 11.3 Å². The Balaban J connectivity index is 3.19. The Kier molecular flexibility index (Phi) is 3.30. The van der Waals surface area contributed by atoms with Crippen molar-refractivity contribution in [2.75, 3.05) is 17.6 Å². The van der Waals surface area contributed by atoms with Crippen LogP contribution in [0, 0.1) is 0 Å². The molecule has 90 valence electrons. The number of benzene rings is 1. The van der Waals surface area contributed by atoms with E-state index in [1.165, 1.54) is 11.4 Å². The van der Waals surface area contributed by atoms with Crippen LogP contribution in [-0.2, 0) is 15.6 Å². The van der Waals surface area contributed by atoms with Gasteiger partial charge in [0.15, 0.2) is 0 Å². The van der Waals surface area contributed by atoms with Crippen LogP contribution in [0.4, 0.5) is 5.69 Å². The zero-order valence-electron chi connectivity index (χ0n) is 9.93. The number of rotatable bonds is 3. The van der Waals surface area contributed by atoms with E-state index < -0.39 is 15.6 Å². The Morgan fingerprint density at radius 2 is 1.88 bits per heavy atom. The lowest BCUT2D eigenvalue weighted by Gasteiger charge is -2.22. The van der Waals surface area contributed by atoms with Gasteiger partial charge in [-0.25, -0.2) is 8.42 Å². The van der Waals surface area contributed by atoms with Crippen molar-refractivity contribution in [2.45, 2.75) is 19.4 Å². The molecule has 0 radical (unpaired) electrons. The van der Waals surface area contributed by atoms with E-state index in [1.807, 2.05) is 0 Å². The molecule has 1 N–H and O–H groups in total. The summed E-state index contributed by atoms with van der Waals surface area (Å²) in [4.78, 5) is 0. The van der Waals surface area contributed by atoms with Crippen LogP contribution < -0.4 is 4.31 Å². The Morgan fingerprint density at radius 3 is 2.31 bits per heavy atom. The zero-order chi connectivity index (χ0) is 12.6. The zero-order valence-corrected chi connectivity index (χ0v) is 10.7. The van der Waals surface area contributed by atoms with Crippen LogP contribution in [0.15, 0.2) is 24.3 Å². The normalized spacial score (nSPS) is 12.6. The highest BCUT2D eigenvalue weighted by Gasteiger charge is 2.18. The van der Waals surface area contributed by atoms with Crippen molar-refractivity contribution < 1.29 is 13.5 Å². The molecule has 0 heterocycles. The van der Waals surface area contributed by atoms with E-state index in [0.717, 1.165) is 6.26 Å². The number of sulfonamides is 1. The maximum Gasteiger partial charge on any atom is 0.231 e. The van der Waals surface area contributed by atoms with Gasteiger partial charge in [0, 0.05) is 7.05 Å². The molecule has 0 amide bonds. The lowest BCUT2D eigenvalue weighted by Crippen LogP contribution is -2.25. The first-order valence-electron chi connectivity index (χ1n) is 4.89. The van der Waals surface area contributed by atoms with Crippen LogP contribution in [-0.4, -0.2) is 26.8 Å². The second-order valence-corrected chi connectivity index (χ2v) is 6.35. The smallest absolute Gasteiger partial charge is 0.231 e. The molecule has 1 aromatic rings. The van der Waals surface area contributed by atoms with Gasteiger partial charge in [0.2, 0.25) is 10.0 Å². The van der Waals surface area contributed by atoms with Gasteiger partial charge in [-0.15, -0.1) is 0 Å². The minimum atomic E-state index is -3.27. The van der Waals surface area contributed by atoms with Crippen molar-refractivity contribution in [3.05, 3.63) is 29.8 Å². The van der Waals surface area contributed by atoms with E-state index in [2.05, 4.69) is 0 Å². The molecule has 0 aliphatic rings. The SMILES string of the molecule is CN(c1cccc(C(C)(C)O)c1)S(C)(=O)=O. The standard InChI is InChI=1S/C11H17NO3S/c1-11(2,13)9-6-5-7-10(8-9)12(3)16(4,14)15/h5-8,13H,1-4H3. The Morgan fingerprint density at radius 1 is 1.31 bits per heavy atom. The van der Waals surface area contributed by atoms with Crippen LogP contribution >= 0.6 is 0 Å². The fourth-order valence-corrected chi connectivity index (χ4v) is 1.77. The average molecular weight is 243 g/mol. The molecule has 5 heteroatoms. The number of aliphatic hydroxyl groups is 1. The number of hydrogen-bond donors (Lipinski definition) is 1. The quantitative estimate of drug-likeness (QED) is 0.870. The van der Waals surface area contributed by atoms with Crippen LogP contribution in [0.3, 0.4) is 0 Å². The molecule has 1 aromatic carbocycles. The van der Waals surface area contributed by atoms with Crippen LogP contribution in [0.1, 0.15) is 19.4 Å². The Hall–Kier alpha value is -1.07. The van der Waals surface area contributed by atoms with Crippen molar-refractivity contribution >= 4 is 15.7 Å². The molecular weight excluding hydrogens is 226 g/mol. The van der Waals surface area contributed by atoms with Crippen LogP contribution in [0.2, 0.25) is 0 Å². The molecule has 0 saturated carbocycles. The highest BCUT2D eigenvalue weighted by molar-refractivity contribution is 7.92. The average Bonchev–Trinajstić information content (AvgIpc) is 2.14. The van der Waals surface area contributed by atoms with Gasteiger partial charge in [0.25, 0.3) is 0 Å². The van der Waals surface area contributed by atoms with Gasteiger partial charge in [0.1, 0.15) is 0 Å². The van der Waals surface area contributed by atoms with Gasteiger partial charge >= 0.3 is 0 Å². The van der Waals surface area contributed by atoms with Crippen molar-refractivity contribution in [3.63, 3.8) is 0 Å². The lowest BCUT2D eigenvalue weighted by atomic mass is 9.98. The largest absolute Gasteiger partial charge is 0.386 e. The third-order valence-corrected chi connectivity index (χ3v) is 3.62. The van der Waals surface area contributed by atoms with E-state index >= 15 is 0 Å². The Labute approximate surface area is 96.6 Å². The van der Waals surface area contributed by atoms with Gasteiger partial charge in [-0.2, -0.15) is 0 Å². The van der Waals surface area contributed by atoms with Crippen molar-refractivity contribution in [1.82, 2.24) is 0 Å². The maximum atomic E-state index is 11.4. The second-order valence-electron chi connectivity index (χ2n) is 4.34. The second kappa shape index (κ2) is 4.07. The molecule has 0 spiro atoms. The molecule has 0 atom stereocenters. The molecule has 0 fully saturated rings. The van der Waals surface area contributed by atoms with Gasteiger partial charge in [-0.05, 0) is 31.5 Å². The third kappa shape index (κ3) is 2.96. The first kappa shape index (κ1) is 13.0. The highest BCUT2D eigenvalue weighted by atomic mass is 32.2. The summed E-state index contributed by atoms with van der Waals surface area (Å²) in [6.07, 6.45) is 1.14. The first-order valence-corrected chi connectivity index (χ1v) is 6.74. The molecule has 0 bridgehead atoms. The third-order valence-electron chi connectivity index (χ3n) is 2.41. The monoisotopic (exact) mass is 243 g/mol. The fraction of sp³-hybridized carbons (Fsp3) is 0.455. The molecule has 4 nitrogen and oxygen atoms in total. The summed E-state index contributed by atoms with van der Waals surface area (Å²) in [7, 11) is -1.78. The molecule has 1 rings (SSSR count). The van der Waals surface area contributed by atoms with Gasteiger partial charge < -0.3 is 5.11 Å². The van der Waals surface area contributed by atoms with Crippen molar-refractivity contribution in [3.8, 4) is 0 Å². The van der Waals surface area contributed by atoms with E-state index in [1.54, 1.807) is 38.1 Å². The lowest BCUT2D eigenvalue weighted by molar-refractivity contribution is 0.0786. The van der Waals surface area contributed by atoms with E-state index in [9.17, 15) is 13.5 Å². The summed E-state index contributed by atoms with van der Waals surface area (Å²) in [6.45, 7) is 3.32. The summed E-state index contributed by atoms with van der Waals surface area (Å²) < 4.78 is 23.9. The number of nitrogens with zero attached hydrogens (tertiary/aromatic N) is 1. The molecule has 0 aliphatic heterocycles. The molecule has 0 saturated heterocycles. The van der Waals surface area contributed by atoms with Gasteiger partial charge in [-0.1, -0.05) is 12.1 Å². The summed E-state index contributed by atoms with van der Waals surface area (Å²) in [5.41, 5.74) is 0.247. The molecule has 0 unspecified atom stereocenters. The van der Waals surface area contributed by atoms with Crippen molar-refractivity contribution in [2.24, 2.45) is 0 Å². The van der Waals surface area contributed by atoms with E-state index in [-0.39, 0.29) is 0 Å². The highest BCUT2D eigenvalue weighted by Crippen LogP contribution is 2.24. The van der Waals surface area contributed by atoms with Gasteiger partial charge in [0.05, 0.1) is 17.5 Å². The van der Waals surface area contributed by atoms with Crippen molar-refractivity contribution in [1.29, 1.82) is 0 Å². The number of anilines is 1. The molecule has 0 aliphatic carbocycles. The summed E-state index contributed by atoms with van der Waals surface area (Å²) in [6, 6.07) is 6.85. The number of hydrogen-bond acceptors (Lipinski definition) is 3. The maximum absolute atomic E-state index is 11.4. The predicted octanol–water partition coefficient (Wildman–Crippen LogP) is 1.31. The molecule has 16 heavy (non-hydrogen) atoms. The predicted molar refractivity (Wildman–Crippen MR) is 64.9 cm³/mol. The van der Waals surface area contributed by atoms with Gasteiger partial charge in [-0.3, -0.25) is 4.31 Å². The molecule has 0 aromatic heterocycles. The first-order chi connectivity index (χ1) is 7.12. The van der Waals surface area contributed by atoms with E-state index in [4.69, 9.17) is 0 Å². The summed E-state index contributed by atoms with van der Waals surface area (Å²) >= 11 is 0. The molecular formula is C11H17NO3S. The summed E-state index contributed by atoms with van der Waals surface area (Å²) in [5, 5.41) is 9.83. The summed E-state index contributed by atoms with van der Waals surface area (Å²) in [5.74, 6) is 0. The minimum Gasteiger partial charge on any atom is -0.386 e. The van der Waals surface area contributed by atoms with Crippen LogP contribution in [0.5, 0.6) is 0 Å². The minimum absolute atomic E-state index is 0.544. The topological polar surface area (TPSA) is 57.6 Å². The van der Waals surface area contributed by atoms with Crippen LogP contribution in [0.25, 0.3) is 0 Å².